The molecule has 0 aromatic heterocycles. The van der Waals surface area contributed by atoms with E-state index in [2.05, 4.69) is 10.6 Å². The first-order chi connectivity index (χ1) is 10.2. The molecule has 0 spiro atoms. The van der Waals surface area contributed by atoms with Gasteiger partial charge in [0.1, 0.15) is 5.75 Å². The van der Waals surface area contributed by atoms with Gasteiger partial charge in [0.15, 0.2) is 0 Å². The molecule has 0 bridgehead atoms. The molecule has 0 aliphatic carbocycles. The monoisotopic (exact) mass is 285 g/mol. The Morgan fingerprint density at radius 3 is 2.62 bits per heavy atom. The molecule has 0 aliphatic rings. The molecule has 4 N–H and O–H groups in total. The molecule has 1 amide bonds. The van der Waals surface area contributed by atoms with Crippen LogP contribution in [0.3, 0.4) is 0 Å². The number of benzene rings is 2. The van der Waals surface area contributed by atoms with Crippen molar-refractivity contribution >= 4 is 23.0 Å². The fraction of sp³-hybridized carbons (Fsp3) is 0.188. The average Bonchev–Trinajstić information content (AvgIpc) is 2.50. The highest BCUT2D eigenvalue weighted by Crippen LogP contribution is 2.30. The molecule has 0 heterocycles. The van der Waals surface area contributed by atoms with Crippen molar-refractivity contribution in [1.82, 2.24) is 5.32 Å². The lowest BCUT2D eigenvalue weighted by atomic mass is 10.1. The third-order valence-electron chi connectivity index (χ3n) is 3.03. The van der Waals surface area contributed by atoms with Crippen LogP contribution in [0, 0.1) is 0 Å². The summed E-state index contributed by atoms with van der Waals surface area (Å²) in [7, 11) is 1.61. The van der Waals surface area contributed by atoms with Crippen LogP contribution in [0.4, 0.5) is 17.1 Å². The van der Waals surface area contributed by atoms with Crippen molar-refractivity contribution < 1.29 is 9.53 Å². The largest absolute Gasteiger partial charge is 0.495 e. The van der Waals surface area contributed by atoms with E-state index < -0.39 is 0 Å². The van der Waals surface area contributed by atoms with Gasteiger partial charge in [-0.2, -0.15) is 0 Å². The van der Waals surface area contributed by atoms with Crippen LogP contribution in [0.1, 0.15) is 17.3 Å². The average molecular weight is 285 g/mol. The highest BCUT2D eigenvalue weighted by atomic mass is 16.5. The summed E-state index contributed by atoms with van der Waals surface area (Å²) in [5.41, 5.74) is 8.60. The molecule has 0 radical (unpaired) electrons. The first kappa shape index (κ1) is 14.7. The molecule has 0 saturated heterocycles. The van der Waals surface area contributed by atoms with Crippen molar-refractivity contribution in [2.24, 2.45) is 0 Å². The summed E-state index contributed by atoms with van der Waals surface area (Å²) in [6.07, 6.45) is 0. The van der Waals surface area contributed by atoms with Crippen molar-refractivity contribution in [3.63, 3.8) is 0 Å². The van der Waals surface area contributed by atoms with Gasteiger partial charge in [-0.25, -0.2) is 0 Å². The molecule has 110 valence electrons. The number of para-hydroxylation sites is 2. The van der Waals surface area contributed by atoms with Crippen molar-refractivity contribution in [2.75, 3.05) is 24.7 Å². The maximum Gasteiger partial charge on any atom is 0.251 e. The van der Waals surface area contributed by atoms with Gasteiger partial charge in [-0.1, -0.05) is 12.1 Å². The van der Waals surface area contributed by atoms with Crippen molar-refractivity contribution in [1.29, 1.82) is 0 Å². The SMILES string of the molecule is CCNC(=O)c1ccc(Nc2ccccc2OC)c(N)c1. The van der Waals surface area contributed by atoms with E-state index in [-0.39, 0.29) is 5.91 Å². The first-order valence-electron chi connectivity index (χ1n) is 6.73. The van der Waals surface area contributed by atoms with Crippen LogP contribution in [0.15, 0.2) is 42.5 Å². The van der Waals surface area contributed by atoms with Crippen LogP contribution in [0.2, 0.25) is 0 Å². The highest BCUT2D eigenvalue weighted by molar-refractivity contribution is 5.96. The molecule has 2 aromatic rings. The topological polar surface area (TPSA) is 76.4 Å². The Hall–Kier alpha value is -2.69. The number of ether oxygens (including phenoxy) is 1. The first-order valence-corrected chi connectivity index (χ1v) is 6.73. The van der Waals surface area contributed by atoms with E-state index >= 15 is 0 Å². The van der Waals surface area contributed by atoms with Crippen molar-refractivity contribution in [3.05, 3.63) is 48.0 Å². The summed E-state index contributed by atoms with van der Waals surface area (Å²) >= 11 is 0. The van der Waals surface area contributed by atoms with Crippen LogP contribution in [-0.2, 0) is 0 Å². The molecular weight excluding hydrogens is 266 g/mol. The number of nitrogens with two attached hydrogens (primary N) is 1. The molecule has 0 aliphatic heterocycles. The number of anilines is 3. The molecule has 0 saturated carbocycles. The number of rotatable bonds is 5. The normalized spacial score (nSPS) is 10.0. The molecule has 0 unspecified atom stereocenters. The molecule has 5 heteroatoms. The lowest BCUT2D eigenvalue weighted by molar-refractivity contribution is 0.0956. The quantitative estimate of drug-likeness (QED) is 0.738. The second-order valence-electron chi connectivity index (χ2n) is 4.49. The Balaban J connectivity index is 2.23. The number of carbonyl (C=O) groups is 1. The number of methoxy groups -OCH3 is 1. The summed E-state index contributed by atoms with van der Waals surface area (Å²) in [5.74, 6) is 0.595. The van der Waals surface area contributed by atoms with Crippen molar-refractivity contribution in [2.45, 2.75) is 6.92 Å². The molecule has 21 heavy (non-hydrogen) atoms. The second-order valence-corrected chi connectivity index (χ2v) is 4.49. The van der Waals surface area contributed by atoms with Gasteiger partial charge in [-0.3, -0.25) is 4.79 Å². The second kappa shape index (κ2) is 6.65. The molecule has 2 rings (SSSR count). The zero-order chi connectivity index (χ0) is 15.2. The Morgan fingerprint density at radius 2 is 1.95 bits per heavy atom. The summed E-state index contributed by atoms with van der Waals surface area (Å²) in [4.78, 5) is 11.8. The lowest BCUT2D eigenvalue weighted by Gasteiger charge is -2.13. The zero-order valence-corrected chi connectivity index (χ0v) is 12.1. The van der Waals surface area contributed by atoms with Gasteiger partial charge in [-0.15, -0.1) is 0 Å². The van der Waals surface area contributed by atoms with Gasteiger partial charge in [0.25, 0.3) is 5.91 Å². The maximum atomic E-state index is 11.8. The van der Waals surface area contributed by atoms with E-state index in [4.69, 9.17) is 10.5 Å². The minimum absolute atomic E-state index is 0.131. The smallest absolute Gasteiger partial charge is 0.251 e. The number of nitrogens with one attached hydrogen (secondary N) is 2. The van der Waals surface area contributed by atoms with Crippen molar-refractivity contribution in [3.8, 4) is 5.75 Å². The maximum absolute atomic E-state index is 11.8. The predicted molar refractivity (Wildman–Crippen MR) is 85.1 cm³/mol. The number of carbonyl (C=O) groups excluding carboxylic acids is 1. The molecule has 2 aromatic carbocycles. The third-order valence-corrected chi connectivity index (χ3v) is 3.03. The fourth-order valence-electron chi connectivity index (χ4n) is 1.97. The number of hydrogen-bond acceptors (Lipinski definition) is 4. The van der Waals surface area contributed by atoms with E-state index in [9.17, 15) is 4.79 Å². The Labute approximate surface area is 124 Å². The predicted octanol–water partition coefficient (Wildman–Crippen LogP) is 2.77. The molecule has 0 fully saturated rings. The lowest BCUT2D eigenvalue weighted by Crippen LogP contribution is -2.22. The molecular formula is C16H19N3O2. The van der Waals surface area contributed by atoms with Gasteiger partial charge in [0, 0.05) is 12.1 Å². The van der Waals surface area contributed by atoms with Crippen LogP contribution in [0.25, 0.3) is 0 Å². The van der Waals surface area contributed by atoms with Gasteiger partial charge < -0.3 is 21.1 Å². The summed E-state index contributed by atoms with van der Waals surface area (Å²) in [5, 5.41) is 5.95. The summed E-state index contributed by atoms with van der Waals surface area (Å²) < 4.78 is 5.28. The number of nitrogen functional groups attached to an aromatic ring is 1. The van der Waals surface area contributed by atoms with E-state index in [0.717, 1.165) is 17.1 Å². The number of hydrogen-bond donors (Lipinski definition) is 3. The van der Waals surface area contributed by atoms with Crippen LogP contribution < -0.4 is 21.1 Å². The van der Waals surface area contributed by atoms with Gasteiger partial charge in [0.2, 0.25) is 0 Å². The van der Waals surface area contributed by atoms with Crippen LogP contribution in [-0.4, -0.2) is 19.6 Å². The Morgan fingerprint density at radius 1 is 1.19 bits per heavy atom. The highest BCUT2D eigenvalue weighted by Gasteiger charge is 2.09. The standard InChI is InChI=1S/C16H19N3O2/c1-3-18-16(20)11-8-9-13(12(17)10-11)19-14-6-4-5-7-15(14)21-2/h4-10,19H,3,17H2,1-2H3,(H,18,20). The number of amides is 1. The minimum atomic E-state index is -0.131. The van der Waals surface area contributed by atoms with E-state index in [1.807, 2.05) is 31.2 Å². The van der Waals surface area contributed by atoms with E-state index in [1.165, 1.54) is 0 Å². The van der Waals surface area contributed by atoms with Gasteiger partial charge in [0.05, 0.1) is 24.2 Å². The molecule has 0 atom stereocenters. The van der Waals surface area contributed by atoms with Gasteiger partial charge in [-0.05, 0) is 37.3 Å². The Kier molecular flexibility index (Phi) is 4.66. The van der Waals surface area contributed by atoms with Crippen LogP contribution >= 0.6 is 0 Å². The van der Waals surface area contributed by atoms with E-state index in [1.54, 1.807) is 25.3 Å². The Bertz CT molecular complexity index is 641. The minimum Gasteiger partial charge on any atom is -0.495 e. The summed E-state index contributed by atoms with van der Waals surface area (Å²) in [6, 6.07) is 12.7. The van der Waals surface area contributed by atoms with Crippen LogP contribution in [0.5, 0.6) is 5.75 Å². The molecule has 5 nitrogen and oxygen atoms in total. The van der Waals surface area contributed by atoms with Gasteiger partial charge >= 0.3 is 0 Å². The zero-order valence-electron chi connectivity index (χ0n) is 12.1. The summed E-state index contributed by atoms with van der Waals surface area (Å²) in [6.45, 7) is 2.46. The third kappa shape index (κ3) is 3.45. The van der Waals surface area contributed by atoms with E-state index in [0.29, 0.717) is 17.8 Å². The fourth-order valence-corrected chi connectivity index (χ4v) is 1.97.